The molecule has 5 aromatic rings. The Balaban J connectivity index is 1.04. The number of hydrogen-bond donors (Lipinski definition) is 2. The van der Waals surface area contributed by atoms with Crippen molar-refractivity contribution in [3.63, 3.8) is 0 Å². The van der Waals surface area contributed by atoms with E-state index in [1.165, 1.54) is 14.4 Å². The van der Waals surface area contributed by atoms with Crippen molar-refractivity contribution in [2.45, 2.75) is 68.8 Å². The fourth-order valence-electron chi connectivity index (χ4n) is 7.07. The molecule has 2 aliphatic heterocycles. The van der Waals surface area contributed by atoms with Gasteiger partial charge in [-0.25, -0.2) is 4.39 Å². The Kier molecular flexibility index (Phi) is 9.90. The monoisotopic (exact) mass is 787 g/mol. The summed E-state index contributed by atoms with van der Waals surface area (Å²) in [6, 6.07) is 20.7. The Morgan fingerprint density at radius 1 is 0.920 bits per heavy atom. The molecule has 2 fully saturated rings. The van der Waals surface area contributed by atoms with E-state index >= 15 is 4.39 Å². The van der Waals surface area contributed by atoms with Crippen LogP contribution in [0.2, 0.25) is 0 Å². The fourth-order valence-corrected chi connectivity index (χ4v) is 13.4. The van der Waals surface area contributed by atoms with Crippen molar-refractivity contribution in [3.8, 4) is 11.3 Å². The van der Waals surface area contributed by atoms with E-state index in [2.05, 4.69) is 50.1 Å². The molecule has 3 aromatic carbocycles. The SMILES string of the molecule is Cc1cccc([C@@H](C)Nc2nnc(C)c3cnc(-c4cc(CI5CCC(c6ccc(C7CCC(=O)NC7=O)cc6)CC5)ccc4F)cc23)c1F. The van der Waals surface area contributed by atoms with E-state index in [9.17, 15) is 14.0 Å². The number of aromatic nitrogens is 3. The molecule has 4 heterocycles. The Labute approximate surface area is 298 Å². The van der Waals surface area contributed by atoms with Crippen molar-refractivity contribution in [3.05, 3.63) is 118 Å². The molecule has 0 saturated carbocycles. The van der Waals surface area contributed by atoms with E-state index in [-0.39, 0.29) is 35.4 Å². The summed E-state index contributed by atoms with van der Waals surface area (Å²) in [6.07, 6.45) is 4.95. The molecule has 0 spiro atoms. The number of carbonyl (C=O) groups is 2. The molecule has 1 unspecified atom stereocenters. The van der Waals surface area contributed by atoms with Crippen molar-refractivity contribution in [2.24, 2.45) is 0 Å². The number of nitrogens with one attached hydrogen (secondary N) is 2. The molecule has 2 aromatic heterocycles. The van der Waals surface area contributed by atoms with Crippen LogP contribution in [0.25, 0.3) is 22.0 Å². The van der Waals surface area contributed by atoms with Gasteiger partial charge in [-0.1, -0.05) is 12.1 Å². The first-order valence-electron chi connectivity index (χ1n) is 17.1. The summed E-state index contributed by atoms with van der Waals surface area (Å²) in [4.78, 5) is 28.5. The normalized spacial score (nSPS) is 18.3. The fraction of sp³-hybridized carbons (Fsp3) is 0.325. The van der Waals surface area contributed by atoms with Gasteiger partial charge in [0.05, 0.1) is 0 Å². The number of alkyl halides is 3. The van der Waals surface area contributed by atoms with Gasteiger partial charge in [0.15, 0.2) is 0 Å². The van der Waals surface area contributed by atoms with Crippen molar-refractivity contribution in [1.29, 1.82) is 0 Å². The van der Waals surface area contributed by atoms with Crippen LogP contribution in [0.1, 0.15) is 84.0 Å². The van der Waals surface area contributed by atoms with Crippen LogP contribution >= 0.6 is 19.8 Å². The first-order valence-corrected chi connectivity index (χ1v) is 21.7. The third-order valence-corrected chi connectivity index (χ3v) is 16.3. The van der Waals surface area contributed by atoms with E-state index < -0.39 is 19.8 Å². The van der Waals surface area contributed by atoms with Crippen molar-refractivity contribution >= 4 is 48.2 Å². The van der Waals surface area contributed by atoms with E-state index in [1.807, 2.05) is 38.1 Å². The van der Waals surface area contributed by atoms with Crippen molar-refractivity contribution < 1.29 is 18.4 Å². The van der Waals surface area contributed by atoms with Crippen LogP contribution in [-0.2, 0) is 14.0 Å². The van der Waals surface area contributed by atoms with Gasteiger partial charge in [0.25, 0.3) is 0 Å². The summed E-state index contributed by atoms with van der Waals surface area (Å²) in [5.41, 5.74) is 6.24. The average Bonchev–Trinajstić information content (AvgIpc) is 3.12. The number of piperidine rings is 1. The van der Waals surface area contributed by atoms with Gasteiger partial charge in [0.1, 0.15) is 0 Å². The molecule has 0 radical (unpaired) electrons. The maximum absolute atomic E-state index is 15.4. The van der Waals surface area contributed by atoms with Crippen LogP contribution in [0.15, 0.2) is 72.9 Å². The number of amides is 2. The first-order chi connectivity index (χ1) is 24.1. The van der Waals surface area contributed by atoms with Crippen LogP contribution in [0, 0.1) is 25.5 Å². The van der Waals surface area contributed by atoms with Gasteiger partial charge in [-0.15, -0.1) is 0 Å². The summed E-state index contributed by atoms with van der Waals surface area (Å²) in [5.74, 6) is -0.226. The standard InChI is InChI=1S/C40H40F2IN5O2/c1-23-5-4-6-30(38(23)42)24(2)45-39-32-20-36(44-22-34(32)25(3)47-48-39)33-19-26(7-13-35(33)41)21-43-17-15-28(16-18-43)27-8-10-29(11-9-27)31-12-14-37(49)46-40(31)50/h4-11,13,19-20,22,24,28,31H,12,14-18,21H2,1-3H3,(H,45,48)(H,46,49,50)/t24-,31?/m1/s1. The zero-order valence-electron chi connectivity index (χ0n) is 28.4. The molecule has 2 aliphatic rings. The van der Waals surface area contributed by atoms with Gasteiger partial charge in [-0.3, -0.25) is 0 Å². The number of fused-ring (bicyclic) bond motifs is 1. The van der Waals surface area contributed by atoms with Crippen LogP contribution in [0.5, 0.6) is 0 Å². The Morgan fingerprint density at radius 3 is 2.44 bits per heavy atom. The molecular weight excluding hydrogens is 747 g/mol. The minimum atomic E-state index is -1.29. The summed E-state index contributed by atoms with van der Waals surface area (Å²) in [7, 11) is 0. The first kappa shape index (κ1) is 34.1. The number of imide groups is 1. The molecule has 7 rings (SSSR count). The van der Waals surface area contributed by atoms with E-state index in [1.54, 1.807) is 31.3 Å². The number of nitrogens with zero attached hydrogens (tertiary/aromatic N) is 3. The van der Waals surface area contributed by atoms with E-state index in [0.717, 1.165) is 39.2 Å². The zero-order chi connectivity index (χ0) is 34.9. The molecule has 50 heavy (non-hydrogen) atoms. The summed E-state index contributed by atoms with van der Waals surface area (Å²) in [5, 5.41) is 16.1. The minimum absolute atomic E-state index is 0.192. The summed E-state index contributed by atoms with van der Waals surface area (Å²) < 4.78 is 33.8. The number of pyridine rings is 1. The average molecular weight is 788 g/mol. The number of benzene rings is 3. The molecule has 2 saturated heterocycles. The van der Waals surface area contributed by atoms with Crippen molar-refractivity contribution in [2.75, 3.05) is 14.2 Å². The molecule has 2 amide bonds. The molecule has 2 atom stereocenters. The maximum atomic E-state index is 15.4. The van der Waals surface area contributed by atoms with Gasteiger partial charge >= 0.3 is 270 Å². The van der Waals surface area contributed by atoms with Gasteiger partial charge in [-0.05, 0) is 12.5 Å². The van der Waals surface area contributed by atoms with E-state index in [4.69, 9.17) is 0 Å². The summed E-state index contributed by atoms with van der Waals surface area (Å²) in [6.45, 7) is 5.49. The molecule has 0 bridgehead atoms. The smallest absolute Gasteiger partial charge is 0.206 e. The number of hydrogen-bond acceptors (Lipinski definition) is 6. The van der Waals surface area contributed by atoms with Gasteiger partial charge < -0.3 is 0 Å². The third kappa shape index (κ3) is 7.12. The number of rotatable bonds is 8. The minimum Gasteiger partial charge on any atom is -0.206 e. The Morgan fingerprint density at radius 2 is 1.68 bits per heavy atom. The van der Waals surface area contributed by atoms with Crippen LogP contribution < -0.4 is 10.6 Å². The zero-order valence-corrected chi connectivity index (χ0v) is 30.6. The van der Waals surface area contributed by atoms with Crippen LogP contribution in [-0.4, -0.2) is 35.9 Å². The van der Waals surface area contributed by atoms with Crippen LogP contribution in [0.4, 0.5) is 14.6 Å². The number of halogens is 3. The number of carbonyl (C=O) groups excluding carboxylic acids is 2. The van der Waals surface area contributed by atoms with Crippen LogP contribution in [0.3, 0.4) is 0 Å². The quantitative estimate of drug-likeness (QED) is 0.0928. The second-order valence-corrected chi connectivity index (χ2v) is 19.6. The molecule has 2 N–H and O–H groups in total. The Bertz CT molecular complexity index is 2080. The van der Waals surface area contributed by atoms with Crippen molar-refractivity contribution in [1.82, 2.24) is 20.5 Å². The topological polar surface area (TPSA) is 96.9 Å². The second kappa shape index (κ2) is 14.5. The second-order valence-electron chi connectivity index (χ2n) is 13.4. The molecular formula is C40H40F2IN5O2. The predicted octanol–water partition coefficient (Wildman–Crippen LogP) is 8.86. The molecule has 0 aliphatic carbocycles. The molecule has 10 heteroatoms. The number of aryl methyl sites for hydroxylation is 2. The summed E-state index contributed by atoms with van der Waals surface area (Å²) >= 11 is -1.29. The van der Waals surface area contributed by atoms with Gasteiger partial charge in [-0.2, -0.15) is 0 Å². The third-order valence-electron chi connectivity index (χ3n) is 10.0. The number of anilines is 1. The van der Waals surface area contributed by atoms with E-state index in [0.29, 0.717) is 52.7 Å². The molecule has 258 valence electrons. The van der Waals surface area contributed by atoms with Gasteiger partial charge in [0, 0.05) is 0 Å². The molecule has 7 nitrogen and oxygen atoms in total. The predicted molar refractivity (Wildman–Crippen MR) is 202 cm³/mol. The van der Waals surface area contributed by atoms with Gasteiger partial charge in [0.2, 0.25) is 0 Å². The Hall–Kier alpha value is -4.32.